The Balaban J connectivity index is 1.48. The van der Waals surface area contributed by atoms with E-state index in [0.29, 0.717) is 13.0 Å². The van der Waals surface area contributed by atoms with Gasteiger partial charge < -0.3 is 5.32 Å². The van der Waals surface area contributed by atoms with Crippen LogP contribution >= 0.6 is 22.7 Å². The molecule has 0 aromatic carbocycles. The molecule has 1 aliphatic heterocycles. The Kier molecular flexibility index (Phi) is 4.74. The molecule has 4 nitrogen and oxygen atoms in total. The molecule has 8 heteroatoms. The second-order valence-corrected chi connectivity index (χ2v) is 7.78. The molecule has 2 aromatic rings. The third-order valence-corrected chi connectivity index (χ3v) is 5.57. The lowest BCUT2D eigenvalue weighted by atomic mass is 10.2. The minimum Gasteiger partial charge on any atom is -0.354 e. The second kappa shape index (κ2) is 6.62. The van der Waals surface area contributed by atoms with Gasteiger partial charge in [0, 0.05) is 23.2 Å². The van der Waals surface area contributed by atoms with Gasteiger partial charge in [-0.1, -0.05) is 0 Å². The third kappa shape index (κ3) is 4.13. The number of halogens is 2. The topological polar surface area (TPSA) is 54.0 Å². The summed E-state index contributed by atoms with van der Waals surface area (Å²) in [6, 6.07) is 3.25. The largest absolute Gasteiger partial charge is 0.354 e. The maximum atomic E-state index is 13.1. The van der Waals surface area contributed by atoms with E-state index in [1.165, 1.54) is 0 Å². The third-order valence-electron chi connectivity index (χ3n) is 3.63. The van der Waals surface area contributed by atoms with Gasteiger partial charge in [-0.15, -0.1) is 22.7 Å². The Morgan fingerprint density at radius 3 is 3.00 bits per heavy atom. The quantitative estimate of drug-likeness (QED) is 0.865. The molecule has 23 heavy (non-hydrogen) atoms. The normalized spacial score (nSPS) is 19.9. The fourth-order valence-corrected chi connectivity index (χ4v) is 4.11. The summed E-state index contributed by atoms with van der Waals surface area (Å²) in [4.78, 5) is 18.5. The minimum absolute atomic E-state index is 0.353. The van der Waals surface area contributed by atoms with E-state index >= 15 is 0 Å². The molecular formula is C15H17F2N3OS2. The predicted molar refractivity (Wildman–Crippen MR) is 88.2 cm³/mol. The summed E-state index contributed by atoms with van der Waals surface area (Å²) in [5, 5.41) is 8.34. The van der Waals surface area contributed by atoms with Crippen LogP contribution < -0.4 is 10.6 Å². The summed E-state index contributed by atoms with van der Waals surface area (Å²) in [6.07, 6.45) is 0.258. The molecule has 2 N–H and O–H groups in total. The van der Waals surface area contributed by atoms with Crippen LogP contribution in [0.15, 0.2) is 17.5 Å². The first-order valence-electron chi connectivity index (χ1n) is 7.33. The highest BCUT2D eigenvalue weighted by atomic mass is 32.1. The average Bonchev–Trinajstić information content (AvgIpc) is 3.18. The maximum absolute atomic E-state index is 13.1. The molecule has 0 saturated carbocycles. The van der Waals surface area contributed by atoms with Gasteiger partial charge >= 0.3 is 0 Å². The monoisotopic (exact) mass is 357 g/mol. The Morgan fingerprint density at radius 2 is 2.35 bits per heavy atom. The van der Waals surface area contributed by atoms with Crippen LogP contribution in [0.4, 0.5) is 8.78 Å². The zero-order valence-corrected chi connectivity index (χ0v) is 14.2. The SMILES string of the molecule is Cc1nc(-c2ccc(CCNC(=O)C3CC(F)(F)CN3)s2)cs1. The lowest BCUT2D eigenvalue weighted by Crippen LogP contribution is -2.41. The molecule has 1 fully saturated rings. The summed E-state index contributed by atoms with van der Waals surface area (Å²) in [7, 11) is 0. The lowest BCUT2D eigenvalue weighted by Gasteiger charge is -2.10. The van der Waals surface area contributed by atoms with Crippen LogP contribution in [-0.2, 0) is 11.2 Å². The van der Waals surface area contributed by atoms with Crippen LogP contribution in [0, 0.1) is 6.92 Å². The number of aryl methyl sites for hydroxylation is 1. The number of thiazole rings is 1. The zero-order valence-electron chi connectivity index (χ0n) is 12.6. The van der Waals surface area contributed by atoms with Crippen molar-refractivity contribution in [2.45, 2.75) is 31.7 Å². The first kappa shape index (κ1) is 16.5. The van der Waals surface area contributed by atoms with Gasteiger partial charge in [-0.25, -0.2) is 13.8 Å². The Bertz CT molecular complexity index is 698. The van der Waals surface area contributed by atoms with Crippen LogP contribution in [0.3, 0.4) is 0 Å². The fraction of sp³-hybridized carbons (Fsp3) is 0.467. The zero-order chi connectivity index (χ0) is 16.4. The van der Waals surface area contributed by atoms with E-state index < -0.39 is 24.9 Å². The summed E-state index contributed by atoms with van der Waals surface area (Å²) in [5.41, 5.74) is 0.977. The highest BCUT2D eigenvalue weighted by Crippen LogP contribution is 2.29. The van der Waals surface area contributed by atoms with E-state index in [1.54, 1.807) is 22.7 Å². The molecule has 0 aliphatic carbocycles. The van der Waals surface area contributed by atoms with Crippen LogP contribution in [-0.4, -0.2) is 35.9 Å². The minimum atomic E-state index is -2.78. The Hall–Kier alpha value is -1.38. The molecule has 3 heterocycles. The summed E-state index contributed by atoms with van der Waals surface area (Å²) >= 11 is 3.25. The predicted octanol–water partition coefficient (Wildman–Crippen LogP) is 2.84. The molecule has 124 valence electrons. The summed E-state index contributed by atoms with van der Waals surface area (Å²) in [5.74, 6) is -3.13. The molecule has 1 saturated heterocycles. The first-order chi connectivity index (χ1) is 10.9. The van der Waals surface area contributed by atoms with Gasteiger partial charge in [0.2, 0.25) is 5.91 Å². The van der Waals surface area contributed by atoms with Crippen molar-refractivity contribution in [2.24, 2.45) is 0 Å². The van der Waals surface area contributed by atoms with Gasteiger partial charge in [0.05, 0.1) is 28.2 Å². The number of aromatic nitrogens is 1. The number of hydrogen-bond donors (Lipinski definition) is 2. The molecule has 1 amide bonds. The molecule has 0 bridgehead atoms. The van der Waals surface area contributed by atoms with Gasteiger partial charge in [-0.05, 0) is 25.5 Å². The highest BCUT2D eigenvalue weighted by Gasteiger charge is 2.42. The molecule has 1 atom stereocenters. The van der Waals surface area contributed by atoms with Crippen LogP contribution in [0.2, 0.25) is 0 Å². The smallest absolute Gasteiger partial charge is 0.262 e. The van der Waals surface area contributed by atoms with Crippen molar-refractivity contribution in [3.8, 4) is 10.6 Å². The lowest BCUT2D eigenvalue weighted by molar-refractivity contribution is -0.123. The molecule has 1 unspecified atom stereocenters. The fourth-order valence-electron chi connectivity index (χ4n) is 2.46. The van der Waals surface area contributed by atoms with E-state index in [0.717, 1.165) is 20.5 Å². The van der Waals surface area contributed by atoms with Crippen molar-refractivity contribution >= 4 is 28.6 Å². The van der Waals surface area contributed by atoms with Crippen molar-refractivity contribution in [3.63, 3.8) is 0 Å². The molecule has 0 radical (unpaired) electrons. The van der Waals surface area contributed by atoms with E-state index in [9.17, 15) is 13.6 Å². The van der Waals surface area contributed by atoms with Gasteiger partial charge in [-0.3, -0.25) is 10.1 Å². The molecule has 0 spiro atoms. The molecule has 1 aliphatic rings. The second-order valence-electron chi connectivity index (χ2n) is 5.55. The van der Waals surface area contributed by atoms with Gasteiger partial charge in [-0.2, -0.15) is 0 Å². The Morgan fingerprint density at radius 1 is 1.52 bits per heavy atom. The van der Waals surface area contributed by atoms with Crippen LogP contribution in [0.5, 0.6) is 0 Å². The van der Waals surface area contributed by atoms with E-state index in [-0.39, 0.29) is 5.91 Å². The maximum Gasteiger partial charge on any atom is 0.262 e. The number of alkyl halides is 2. The van der Waals surface area contributed by atoms with E-state index in [1.807, 2.05) is 24.4 Å². The Labute approximate surface area is 140 Å². The van der Waals surface area contributed by atoms with E-state index in [2.05, 4.69) is 15.6 Å². The number of nitrogens with one attached hydrogen (secondary N) is 2. The number of amides is 1. The standard InChI is InChI=1S/C15H17F2N3OS2/c1-9-20-12(7-22-9)13-3-2-10(23-13)4-5-18-14(21)11-6-15(16,17)8-19-11/h2-3,7,11,19H,4-6,8H2,1H3,(H,18,21). The first-order valence-corrected chi connectivity index (χ1v) is 9.03. The molecule has 2 aromatic heterocycles. The van der Waals surface area contributed by atoms with Gasteiger partial charge in [0.1, 0.15) is 0 Å². The number of thiophene rings is 1. The van der Waals surface area contributed by atoms with E-state index in [4.69, 9.17) is 0 Å². The highest BCUT2D eigenvalue weighted by molar-refractivity contribution is 7.16. The van der Waals surface area contributed by atoms with Crippen molar-refractivity contribution in [3.05, 3.63) is 27.4 Å². The number of rotatable bonds is 5. The number of nitrogens with zero attached hydrogens (tertiary/aromatic N) is 1. The van der Waals surface area contributed by atoms with Crippen molar-refractivity contribution in [2.75, 3.05) is 13.1 Å². The summed E-state index contributed by atoms with van der Waals surface area (Å²) in [6.45, 7) is 1.99. The van der Waals surface area contributed by atoms with Crippen LogP contribution in [0.25, 0.3) is 10.6 Å². The summed E-state index contributed by atoms with van der Waals surface area (Å²) < 4.78 is 26.1. The van der Waals surface area contributed by atoms with Crippen molar-refractivity contribution in [1.29, 1.82) is 0 Å². The van der Waals surface area contributed by atoms with Gasteiger partial charge in [0.15, 0.2) is 0 Å². The number of hydrogen-bond acceptors (Lipinski definition) is 5. The van der Waals surface area contributed by atoms with Gasteiger partial charge in [0.25, 0.3) is 5.92 Å². The number of carbonyl (C=O) groups excluding carboxylic acids is 1. The van der Waals surface area contributed by atoms with Crippen LogP contribution in [0.1, 0.15) is 16.3 Å². The van der Waals surface area contributed by atoms with Crippen molar-refractivity contribution < 1.29 is 13.6 Å². The number of carbonyl (C=O) groups is 1. The molecular weight excluding hydrogens is 340 g/mol. The van der Waals surface area contributed by atoms with Crippen molar-refractivity contribution in [1.82, 2.24) is 15.6 Å². The molecule has 3 rings (SSSR count). The average molecular weight is 357 g/mol.